The molecule has 8 heteroatoms. The second kappa shape index (κ2) is 8.77. The van der Waals surface area contributed by atoms with Crippen LogP contribution < -0.4 is 5.32 Å². The standard InChI is InChI=1S/C20H25BrN4O3/c1-4-12(2)16(19(26)28-3)24-20(27)25-10-9-15-17(23-11-22-15)18(25)13-5-7-14(21)8-6-13/h5-8,11-12,16,18H,4,9-10H2,1-3H3,(H,22,23)(H,24,27)/t12-,16+,18-/m1/s1. The largest absolute Gasteiger partial charge is 0.467 e. The van der Waals surface area contributed by atoms with Crippen LogP contribution in [0, 0.1) is 5.92 Å². The van der Waals surface area contributed by atoms with Gasteiger partial charge in [-0.05, 0) is 23.6 Å². The Hall–Kier alpha value is -2.35. The fraction of sp³-hybridized carbons (Fsp3) is 0.450. The van der Waals surface area contributed by atoms with Crippen LogP contribution >= 0.6 is 15.9 Å². The molecule has 0 radical (unpaired) electrons. The second-order valence-corrected chi connectivity index (χ2v) is 7.92. The Labute approximate surface area is 173 Å². The number of imidazole rings is 1. The van der Waals surface area contributed by atoms with Crippen molar-refractivity contribution in [1.29, 1.82) is 0 Å². The van der Waals surface area contributed by atoms with Crippen molar-refractivity contribution in [3.63, 3.8) is 0 Å². The number of benzene rings is 1. The minimum Gasteiger partial charge on any atom is -0.467 e. The molecule has 0 saturated carbocycles. The van der Waals surface area contributed by atoms with Gasteiger partial charge in [0.25, 0.3) is 0 Å². The third-order valence-electron chi connectivity index (χ3n) is 5.32. The molecule has 3 atom stereocenters. The lowest BCUT2D eigenvalue weighted by molar-refractivity contribution is -0.144. The maximum absolute atomic E-state index is 13.2. The highest BCUT2D eigenvalue weighted by atomic mass is 79.9. The van der Waals surface area contributed by atoms with Gasteiger partial charge >= 0.3 is 12.0 Å². The number of halogens is 1. The maximum Gasteiger partial charge on any atom is 0.328 e. The molecule has 2 aromatic rings. The summed E-state index contributed by atoms with van der Waals surface area (Å²) in [5.74, 6) is -0.464. The molecule has 28 heavy (non-hydrogen) atoms. The Morgan fingerprint density at radius 2 is 2.11 bits per heavy atom. The molecule has 0 aliphatic carbocycles. The Morgan fingerprint density at radius 3 is 2.75 bits per heavy atom. The van der Waals surface area contributed by atoms with Crippen LogP contribution in [0.5, 0.6) is 0 Å². The molecular weight excluding hydrogens is 424 g/mol. The van der Waals surface area contributed by atoms with Gasteiger partial charge < -0.3 is 19.9 Å². The summed E-state index contributed by atoms with van der Waals surface area (Å²) in [7, 11) is 1.34. The lowest BCUT2D eigenvalue weighted by Crippen LogP contribution is -2.53. The summed E-state index contributed by atoms with van der Waals surface area (Å²) in [6.07, 6.45) is 3.09. The van der Waals surface area contributed by atoms with Gasteiger partial charge in [0.05, 0.1) is 19.1 Å². The summed E-state index contributed by atoms with van der Waals surface area (Å²) in [5, 5.41) is 2.89. The monoisotopic (exact) mass is 448 g/mol. The molecule has 1 aliphatic rings. The molecule has 0 spiro atoms. The smallest absolute Gasteiger partial charge is 0.328 e. The maximum atomic E-state index is 13.2. The number of hydrogen-bond donors (Lipinski definition) is 2. The number of H-pyrrole nitrogens is 1. The van der Waals surface area contributed by atoms with Crippen LogP contribution in [0.2, 0.25) is 0 Å². The van der Waals surface area contributed by atoms with E-state index in [0.717, 1.165) is 27.8 Å². The first-order valence-corrected chi connectivity index (χ1v) is 10.2. The van der Waals surface area contributed by atoms with E-state index in [1.54, 1.807) is 11.2 Å². The summed E-state index contributed by atoms with van der Waals surface area (Å²) in [6.45, 7) is 4.43. The fourth-order valence-corrected chi connectivity index (χ4v) is 3.75. The molecule has 2 heterocycles. The lowest BCUT2D eigenvalue weighted by atomic mass is 9.95. The van der Waals surface area contributed by atoms with Crippen LogP contribution in [0.25, 0.3) is 0 Å². The molecule has 0 bridgehead atoms. The Kier molecular flexibility index (Phi) is 6.39. The van der Waals surface area contributed by atoms with Gasteiger partial charge in [-0.3, -0.25) is 0 Å². The average molecular weight is 449 g/mol. The van der Waals surface area contributed by atoms with Gasteiger partial charge in [0.2, 0.25) is 0 Å². The molecule has 0 unspecified atom stereocenters. The molecule has 1 aromatic carbocycles. The topological polar surface area (TPSA) is 87.3 Å². The van der Waals surface area contributed by atoms with Gasteiger partial charge in [-0.1, -0.05) is 48.3 Å². The first-order valence-electron chi connectivity index (χ1n) is 9.38. The highest BCUT2D eigenvalue weighted by molar-refractivity contribution is 9.10. The quantitative estimate of drug-likeness (QED) is 0.685. The number of nitrogens with zero attached hydrogens (tertiary/aromatic N) is 2. The van der Waals surface area contributed by atoms with Gasteiger partial charge in [-0.25, -0.2) is 14.6 Å². The van der Waals surface area contributed by atoms with Gasteiger partial charge in [0.1, 0.15) is 12.1 Å². The molecule has 0 fully saturated rings. The highest BCUT2D eigenvalue weighted by Crippen LogP contribution is 2.34. The van der Waals surface area contributed by atoms with Gasteiger partial charge in [-0.2, -0.15) is 0 Å². The van der Waals surface area contributed by atoms with E-state index in [4.69, 9.17) is 4.74 Å². The third kappa shape index (κ3) is 4.06. The summed E-state index contributed by atoms with van der Waals surface area (Å²) < 4.78 is 5.86. The molecule has 150 valence electrons. The molecule has 1 aliphatic heterocycles. The van der Waals surface area contributed by atoms with E-state index in [9.17, 15) is 9.59 Å². The van der Waals surface area contributed by atoms with Crippen molar-refractivity contribution in [2.24, 2.45) is 5.92 Å². The summed E-state index contributed by atoms with van der Waals surface area (Å²) in [5.41, 5.74) is 2.83. The average Bonchev–Trinajstić information content (AvgIpc) is 3.19. The number of carbonyl (C=O) groups is 2. The number of urea groups is 1. The number of rotatable bonds is 5. The van der Waals surface area contributed by atoms with Crippen molar-refractivity contribution >= 4 is 27.9 Å². The van der Waals surface area contributed by atoms with Gasteiger partial charge in [-0.15, -0.1) is 0 Å². The number of fused-ring (bicyclic) bond motifs is 1. The molecule has 7 nitrogen and oxygen atoms in total. The third-order valence-corrected chi connectivity index (χ3v) is 5.85. The predicted octanol–water partition coefficient (Wildman–Crippen LogP) is 3.42. The summed E-state index contributed by atoms with van der Waals surface area (Å²) in [6, 6.07) is 6.55. The van der Waals surface area contributed by atoms with Crippen LogP contribution in [-0.4, -0.2) is 46.6 Å². The van der Waals surface area contributed by atoms with E-state index < -0.39 is 12.0 Å². The summed E-state index contributed by atoms with van der Waals surface area (Å²) >= 11 is 3.45. The number of carbonyl (C=O) groups excluding carboxylic acids is 2. The SMILES string of the molecule is CC[C@@H](C)[C@H](NC(=O)N1CCc2[nH]cnc2[C@H]1c1ccc(Br)cc1)C(=O)OC. The van der Waals surface area contributed by atoms with Crippen LogP contribution in [0.3, 0.4) is 0 Å². The fourth-order valence-electron chi connectivity index (χ4n) is 3.49. The van der Waals surface area contributed by atoms with Crippen molar-refractivity contribution in [1.82, 2.24) is 20.2 Å². The molecular formula is C20H25BrN4O3. The van der Waals surface area contributed by atoms with E-state index in [1.165, 1.54) is 7.11 Å². The Morgan fingerprint density at radius 1 is 1.39 bits per heavy atom. The van der Waals surface area contributed by atoms with Crippen molar-refractivity contribution < 1.29 is 14.3 Å². The first kappa shape index (κ1) is 20.4. The number of esters is 1. The number of nitrogens with one attached hydrogen (secondary N) is 2. The zero-order chi connectivity index (χ0) is 20.3. The number of ether oxygens (including phenoxy) is 1. The van der Waals surface area contributed by atoms with Gasteiger partial charge in [0.15, 0.2) is 0 Å². The highest BCUT2D eigenvalue weighted by Gasteiger charge is 2.36. The molecule has 2 N–H and O–H groups in total. The predicted molar refractivity (Wildman–Crippen MR) is 109 cm³/mol. The number of aromatic amines is 1. The number of methoxy groups -OCH3 is 1. The number of amides is 2. The van der Waals surface area contributed by atoms with E-state index in [-0.39, 0.29) is 18.0 Å². The molecule has 1 aromatic heterocycles. The van der Waals surface area contributed by atoms with Crippen molar-refractivity contribution in [3.8, 4) is 0 Å². The second-order valence-electron chi connectivity index (χ2n) is 7.00. The lowest BCUT2D eigenvalue weighted by Gasteiger charge is -2.36. The minimum atomic E-state index is -0.686. The molecule has 2 amide bonds. The van der Waals surface area contributed by atoms with Crippen molar-refractivity contribution in [3.05, 3.63) is 52.0 Å². The Balaban J connectivity index is 1.91. The van der Waals surface area contributed by atoms with Gasteiger partial charge in [0, 0.05) is 23.1 Å². The van der Waals surface area contributed by atoms with Crippen LogP contribution in [0.15, 0.2) is 35.1 Å². The van der Waals surface area contributed by atoms with Crippen molar-refractivity contribution in [2.75, 3.05) is 13.7 Å². The van der Waals surface area contributed by atoms with Crippen molar-refractivity contribution in [2.45, 2.75) is 38.8 Å². The minimum absolute atomic E-state index is 0.0340. The number of aromatic nitrogens is 2. The number of hydrogen-bond acceptors (Lipinski definition) is 4. The van der Waals surface area contributed by atoms with E-state index in [0.29, 0.717) is 13.0 Å². The summed E-state index contributed by atoms with van der Waals surface area (Å²) in [4.78, 5) is 34.8. The van der Waals surface area contributed by atoms with E-state index >= 15 is 0 Å². The van der Waals surface area contributed by atoms with Crippen LogP contribution in [0.4, 0.5) is 4.79 Å². The Bertz CT molecular complexity index is 836. The van der Waals surface area contributed by atoms with E-state index in [2.05, 4.69) is 31.2 Å². The zero-order valence-corrected chi connectivity index (χ0v) is 17.8. The zero-order valence-electron chi connectivity index (χ0n) is 16.2. The molecule has 3 rings (SSSR count). The first-order chi connectivity index (χ1) is 13.5. The van der Waals surface area contributed by atoms with Crippen LogP contribution in [0.1, 0.15) is 43.3 Å². The van der Waals surface area contributed by atoms with Crippen LogP contribution in [-0.2, 0) is 16.0 Å². The molecule has 0 saturated heterocycles. The normalized spacial score (nSPS) is 18.1. The van der Waals surface area contributed by atoms with E-state index in [1.807, 2.05) is 38.1 Å².